The zero-order valence-electron chi connectivity index (χ0n) is 14.4. The number of aryl methyl sites for hydroxylation is 1. The topological polar surface area (TPSA) is 64.1 Å². The van der Waals surface area contributed by atoms with E-state index in [0.29, 0.717) is 6.61 Å². The summed E-state index contributed by atoms with van der Waals surface area (Å²) >= 11 is 0. The molecule has 0 unspecified atom stereocenters. The third-order valence-electron chi connectivity index (χ3n) is 4.43. The lowest BCUT2D eigenvalue weighted by Gasteiger charge is -2.10. The summed E-state index contributed by atoms with van der Waals surface area (Å²) in [6, 6.07) is 7.47. The predicted octanol–water partition coefficient (Wildman–Crippen LogP) is 3.92. The number of carbonyl (C=O) groups is 1. The SMILES string of the molecule is Cc1cc2c(cc1-c1ccc(NC(=O)c3c(F)cncc3F)nc1)CCO2. The monoisotopic (exact) mass is 367 g/mol. The Hall–Kier alpha value is -3.35. The van der Waals surface area contributed by atoms with Crippen LogP contribution in [0.15, 0.2) is 42.9 Å². The Balaban J connectivity index is 1.57. The van der Waals surface area contributed by atoms with Crippen molar-refractivity contribution in [2.24, 2.45) is 0 Å². The molecule has 0 atom stereocenters. The highest BCUT2D eigenvalue weighted by molar-refractivity contribution is 6.04. The molecule has 27 heavy (non-hydrogen) atoms. The highest BCUT2D eigenvalue weighted by atomic mass is 19.1. The van der Waals surface area contributed by atoms with Crippen LogP contribution in [0.25, 0.3) is 11.1 Å². The van der Waals surface area contributed by atoms with Gasteiger partial charge < -0.3 is 10.1 Å². The number of carbonyl (C=O) groups excluding carboxylic acids is 1. The molecule has 7 heteroatoms. The maximum Gasteiger partial charge on any atom is 0.262 e. The summed E-state index contributed by atoms with van der Waals surface area (Å²) in [5.74, 6) is -1.87. The van der Waals surface area contributed by atoms with Gasteiger partial charge in [-0.15, -0.1) is 0 Å². The summed E-state index contributed by atoms with van der Waals surface area (Å²) < 4.78 is 32.9. The molecule has 0 spiro atoms. The van der Waals surface area contributed by atoms with Crippen molar-refractivity contribution >= 4 is 11.7 Å². The summed E-state index contributed by atoms with van der Waals surface area (Å²) in [7, 11) is 0. The molecule has 3 heterocycles. The van der Waals surface area contributed by atoms with Crippen molar-refractivity contribution in [2.45, 2.75) is 13.3 Å². The highest BCUT2D eigenvalue weighted by Crippen LogP contribution is 2.33. The van der Waals surface area contributed by atoms with E-state index in [-0.39, 0.29) is 5.82 Å². The molecule has 0 aliphatic carbocycles. The number of nitrogens with zero attached hydrogens (tertiary/aromatic N) is 2. The second-order valence-corrected chi connectivity index (χ2v) is 6.24. The third kappa shape index (κ3) is 3.23. The second-order valence-electron chi connectivity index (χ2n) is 6.24. The van der Waals surface area contributed by atoms with Gasteiger partial charge in [0.2, 0.25) is 0 Å². The van der Waals surface area contributed by atoms with Crippen LogP contribution in [0.2, 0.25) is 0 Å². The molecule has 4 rings (SSSR count). The first-order chi connectivity index (χ1) is 13.0. The van der Waals surface area contributed by atoms with Gasteiger partial charge in [-0.3, -0.25) is 9.78 Å². The maximum absolute atomic E-state index is 13.6. The lowest BCUT2D eigenvalue weighted by molar-refractivity contribution is 0.101. The minimum atomic E-state index is -1.03. The van der Waals surface area contributed by atoms with Crippen LogP contribution in [0, 0.1) is 18.6 Å². The molecule has 1 N–H and O–H groups in total. The van der Waals surface area contributed by atoms with E-state index in [1.54, 1.807) is 18.3 Å². The first-order valence-corrected chi connectivity index (χ1v) is 8.36. The Morgan fingerprint density at radius 3 is 2.63 bits per heavy atom. The number of rotatable bonds is 3. The number of pyridine rings is 2. The first kappa shape index (κ1) is 17.1. The molecule has 0 saturated heterocycles. The summed E-state index contributed by atoms with van der Waals surface area (Å²) in [5, 5.41) is 2.40. The van der Waals surface area contributed by atoms with E-state index in [2.05, 4.69) is 21.4 Å². The van der Waals surface area contributed by atoms with E-state index in [1.807, 2.05) is 13.0 Å². The molecular weight excluding hydrogens is 352 g/mol. The fourth-order valence-electron chi connectivity index (χ4n) is 3.07. The Kier molecular flexibility index (Phi) is 4.27. The van der Waals surface area contributed by atoms with Gasteiger partial charge in [0.15, 0.2) is 11.6 Å². The van der Waals surface area contributed by atoms with Crippen molar-refractivity contribution in [3.8, 4) is 16.9 Å². The largest absolute Gasteiger partial charge is 0.493 e. The fourth-order valence-corrected chi connectivity index (χ4v) is 3.07. The van der Waals surface area contributed by atoms with Gasteiger partial charge in [0.1, 0.15) is 17.1 Å². The van der Waals surface area contributed by atoms with E-state index in [0.717, 1.165) is 46.8 Å². The number of hydrogen-bond acceptors (Lipinski definition) is 4. The van der Waals surface area contributed by atoms with E-state index >= 15 is 0 Å². The number of fused-ring (bicyclic) bond motifs is 1. The van der Waals surface area contributed by atoms with Gasteiger partial charge in [0.05, 0.1) is 19.0 Å². The molecule has 1 amide bonds. The van der Waals surface area contributed by atoms with Crippen LogP contribution in [-0.2, 0) is 6.42 Å². The molecule has 136 valence electrons. The Labute approximate surface area is 154 Å². The van der Waals surface area contributed by atoms with Gasteiger partial charge in [-0.2, -0.15) is 0 Å². The first-order valence-electron chi connectivity index (χ1n) is 8.36. The standard InChI is InChI=1S/C20H15F2N3O2/c1-11-6-17-12(4-5-27-17)7-14(11)13-2-3-18(24-8-13)25-20(26)19-15(21)9-23-10-16(19)22/h2-3,6-10H,4-5H2,1H3,(H,24,25,26). The summed E-state index contributed by atoms with van der Waals surface area (Å²) in [6.45, 7) is 2.67. The van der Waals surface area contributed by atoms with Gasteiger partial charge in [-0.05, 0) is 47.9 Å². The van der Waals surface area contributed by atoms with Gasteiger partial charge in [-0.1, -0.05) is 0 Å². The van der Waals surface area contributed by atoms with E-state index in [4.69, 9.17) is 4.74 Å². The number of halogens is 2. The molecule has 0 fully saturated rings. The van der Waals surface area contributed by atoms with Crippen molar-refractivity contribution < 1.29 is 18.3 Å². The minimum Gasteiger partial charge on any atom is -0.493 e. The number of ether oxygens (including phenoxy) is 1. The molecule has 3 aromatic rings. The van der Waals surface area contributed by atoms with Gasteiger partial charge in [-0.25, -0.2) is 13.8 Å². The highest BCUT2D eigenvalue weighted by Gasteiger charge is 2.19. The number of benzene rings is 1. The van der Waals surface area contributed by atoms with Crippen molar-refractivity contribution in [1.82, 2.24) is 9.97 Å². The number of anilines is 1. The van der Waals surface area contributed by atoms with E-state index in [9.17, 15) is 13.6 Å². The molecule has 1 aromatic carbocycles. The molecule has 0 radical (unpaired) electrons. The van der Waals surface area contributed by atoms with Crippen LogP contribution < -0.4 is 10.1 Å². The van der Waals surface area contributed by atoms with Gasteiger partial charge in [0.25, 0.3) is 5.91 Å². The smallest absolute Gasteiger partial charge is 0.262 e. The predicted molar refractivity (Wildman–Crippen MR) is 95.7 cm³/mol. The average Bonchev–Trinajstić information content (AvgIpc) is 3.09. The van der Waals surface area contributed by atoms with Crippen molar-refractivity contribution in [3.63, 3.8) is 0 Å². The maximum atomic E-state index is 13.6. The Morgan fingerprint density at radius 1 is 1.15 bits per heavy atom. The van der Waals surface area contributed by atoms with Crippen LogP contribution in [0.3, 0.4) is 0 Å². The molecular formula is C20H15F2N3O2. The van der Waals surface area contributed by atoms with Gasteiger partial charge in [0, 0.05) is 18.2 Å². The number of amides is 1. The normalized spacial score (nSPS) is 12.4. The zero-order chi connectivity index (χ0) is 19.0. The van der Waals surface area contributed by atoms with Crippen LogP contribution in [0.4, 0.5) is 14.6 Å². The summed E-state index contributed by atoms with van der Waals surface area (Å²) in [5.41, 5.74) is 3.41. The minimum absolute atomic E-state index is 0.196. The van der Waals surface area contributed by atoms with Crippen LogP contribution >= 0.6 is 0 Å². The third-order valence-corrected chi connectivity index (χ3v) is 4.43. The van der Waals surface area contributed by atoms with Crippen molar-refractivity contribution in [1.29, 1.82) is 0 Å². The van der Waals surface area contributed by atoms with Crippen LogP contribution in [-0.4, -0.2) is 22.5 Å². The summed E-state index contributed by atoms with van der Waals surface area (Å²) in [6.07, 6.45) is 4.05. The zero-order valence-corrected chi connectivity index (χ0v) is 14.4. The van der Waals surface area contributed by atoms with E-state index < -0.39 is 23.1 Å². The second kappa shape index (κ2) is 6.75. The Bertz CT molecular complexity index is 1020. The molecule has 0 saturated carbocycles. The van der Waals surface area contributed by atoms with Crippen molar-refractivity contribution in [3.05, 3.63) is 71.2 Å². The summed E-state index contributed by atoms with van der Waals surface area (Å²) in [4.78, 5) is 19.7. The number of hydrogen-bond donors (Lipinski definition) is 1. The van der Waals surface area contributed by atoms with Crippen LogP contribution in [0.5, 0.6) is 5.75 Å². The average molecular weight is 367 g/mol. The van der Waals surface area contributed by atoms with E-state index in [1.165, 1.54) is 0 Å². The quantitative estimate of drug-likeness (QED) is 0.762. The number of nitrogens with one attached hydrogen (secondary N) is 1. The molecule has 1 aliphatic rings. The molecule has 2 aromatic heterocycles. The fraction of sp³-hybridized carbons (Fsp3) is 0.150. The molecule has 0 bridgehead atoms. The van der Waals surface area contributed by atoms with Gasteiger partial charge >= 0.3 is 0 Å². The van der Waals surface area contributed by atoms with Crippen LogP contribution in [0.1, 0.15) is 21.5 Å². The Morgan fingerprint density at radius 2 is 1.93 bits per heavy atom. The lowest BCUT2D eigenvalue weighted by atomic mass is 9.98. The lowest BCUT2D eigenvalue weighted by Crippen LogP contribution is -2.16. The van der Waals surface area contributed by atoms with Crippen molar-refractivity contribution in [2.75, 3.05) is 11.9 Å². The number of aromatic nitrogens is 2. The molecule has 5 nitrogen and oxygen atoms in total. The molecule has 1 aliphatic heterocycles.